The fourth-order valence-electron chi connectivity index (χ4n) is 1.83. The van der Waals surface area contributed by atoms with Crippen molar-refractivity contribution in [3.05, 3.63) is 22.2 Å². The number of nitrogens with one attached hydrogen (secondary N) is 1. The summed E-state index contributed by atoms with van der Waals surface area (Å²) in [5.41, 5.74) is 6.30. The Balaban J connectivity index is 2.23. The fourth-order valence-corrected chi connectivity index (χ4v) is 1.83. The molecule has 1 aromatic carbocycles. The highest BCUT2D eigenvalue weighted by molar-refractivity contribution is 5.68. The van der Waals surface area contributed by atoms with Crippen molar-refractivity contribution in [2.75, 3.05) is 25.1 Å². The molecular formula is C13H19N3O4. The number of nitrogens with two attached hydrogens (primary N) is 1. The second kappa shape index (κ2) is 5.96. The molecule has 1 aliphatic rings. The minimum atomic E-state index is -0.443. The van der Waals surface area contributed by atoms with Crippen LogP contribution in [0.5, 0.6) is 11.5 Å². The van der Waals surface area contributed by atoms with E-state index < -0.39 is 4.92 Å². The molecule has 7 nitrogen and oxygen atoms in total. The van der Waals surface area contributed by atoms with E-state index in [0.717, 1.165) is 0 Å². The zero-order chi connectivity index (χ0) is 14.7. The van der Waals surface area contributed by atoms with Crippen LogP contribution >= 0.6 is 0 Å². The first-order chi connectivity index (χ1) is 9.49. The molecule has 0 fully saturated rings. The van der Waals surface area contributed by atoms with Gasteiger partial charge < -0.3 is 20.5 Å². The van der Waals surface area contributed by atoms with Crippen molar-refractivity contribution in [1.82, 2.24) is 0 Å². The number of nitrogens with zero attached hydrogens (tertiary/aromatic N) is 1. The van der Waals surface area contributed by atoms with Crippen LogP contribution in [0.1, 0.15) is 13.8 Å². The van der Waals surface area contributed by atoms with Gasteiger partial charge in [0.1, 0.15) is 18.9 Å². The van der Waals surface area contributed by atoms with Crippen molar-refractivity contribution < 1.29 is 14.4 Å². The van der Waals surface area contributed by atoms with Crippen LogP contribution in [0.2, 0.25) is 0 Å². The van der Waals surface area contributed by atoms with Crippen molar-refractivity contribution in [1.29, 1.82) is 0 Å². The Hall–Kier alpha value is -2.02. The summed E-state index contributed by atoms with van der Waals surface area (Å²) in [6.45, 7) is 5.30. The molecule has 1 aliphatic heterocycles. The first-order valence-corrected chi connectivity index (χ1v) is 6.56. The second-order valence-corrected chi connectivity index (χ2v) is 5.06. The van der Waals surface area contributed by atoms with Gasteiger partial charge in [-0.3, -0.25) is 10.1 Å². The van der Waals surface area contributed by atoms with E-state index in [1.54, 1.807) is 6.07 Å². The van der Waals surface area contributed by atoms with Gasteiger partial charge in [-0.2, -0.15) is 0 Å². The van der Waals surface area contributed by atoms with E-state index in [1.165, 1.54) is 6.07 Å². The summed E-state index contributed by atoms with van der Waals surface area (Å²) in [6.07, 6.45) is 0. The molecule has 1 heterocycles. The molecule has 1 atom stereocenters. The third-order valence-corrected chi connectivity index (χ3v) is 3.24. The van der Waals surface area contributed by atoms with Gasteiger partial charge in [0.05, 0.1) is 11.0 Å². The monoisotopic (exact) mass is 281 g/mol. The van der Waals surface area contributed by atoms with E-state index in [2.05, 4.69) is 5.32 Å². The van der Waals surface area contributed by atoms with Gasteiger partial charge in [-0.15, -0.1) is 0 Å². The van der Waals surface area contributed by atoms with Gasteiger partial charge in [0.15, 0.2) is 11.5 Å². The van der Waals surface area contributed by atoms with Gasteiger partial charge in [0.25, 0.3) is 5.69 Å². The van der Waals surface area contributed by atoms with Gasteiger partial charge in [-0.1, -0.05) is 13.8 Å². The number of anilines is 1. The Bertz CT molecular complexity index is 505. The number of nitro benzene ring substituents is 1. The van der Waals surface area contributed by atoms with E-state index in [-0.39, 0.29) is 11.7 Å². The molecule has 2 rings (SSSR count). The van der Waals surface area contributed by atoms with E-state index in [1.807, 2.05) is 13.8 Å². The van der Waals surface area contributed by atoms with Gasteiger partial charge in [0, 0.05) is 18.7 Å². The number of nitro groups is 1. The third-order valence-electron chi connectivity index (χ3n) is 3.24. The summed E-state index contributed by atoms with van der Waals surface area (Å²) in [6, 6.07) is 2.90. The Morgan fingerprint density at radius 2 is 1.95 bits per heavy atom. The number of rotatable bonds is 5. The van der Waals surface area contributed by atoms with Crippen molar-refractivity contribution in [2.24, 2.45) is 11.7 Å². The molecule has 1 unspecified atom stereocenters. The van der Waals surface area contributed by atoms with Gasteiger partial charge >= 0.3 is 0 Å². The number of ether oxygens (including phenoxy) is 2. The highest BCUT2D eigenvalue weighted by Crippen LogP contribution is 2.39. The van der Waals surface area contributed by atoms with Crippen LogP contribution in [-0.2, 0) is 0 Å². The Kier molecular flexibility index (Phi) is 4.29. The van der Waals surface area contributed by atoms with Gasteiger partial charge in [-0.05, 0) is 5.92 Å². The maximum atomic E-state index is 11.1. The van der Waals surface area contributed by atoms with Crippen LogP contribution in [0.15, 0.2) is 12.1 Å². The molecule has 110 valence electrons. The first kappa shape index (κ1) is 14.4. The standard InChI is InChI=1S/C13H19N3O4/c1-8(2)9(14)7-15-10-5-12-13(20-4-3-19-12)6-11(10)16(17)18/h5-6,8-9,15H,3-4,7,14H2,1-2H3. The van der Waals surface area contributed by atoms with Gasteiger partial charge in [-0.25, -0.2) is 0 Å². The largest absolute Gasteiger partial charge is 0.486 e. The highest BCUT2D eigenvalue weighted by Gasteiger charge is 2.22. The molecule has 20 heavy (non-hydrogen) atoms. The number of hydrogen-bond acceptors (Lipinski definition) is 6. The first-order valence-electron chi connectivity index (χ1n) is 6.56. The normalized spacial score (nSPS) is 15.0. The summed E-state index contributed by atoms with van der Waals surface area (Å²) in [5, 5.41) is 14.1. The average molecular weight is 281 g/mol. The fraction of sp³-hybridized carbons (Fsp3) is 0.538. The average Bonchev–Trinajstić information content (AvgIpc) is 2.43. The molecule has 0 amide bonds. The minimum absolute atomic E-state index is 0.0368. The van der Waals surface area contributed by atoms with Crippen molar-refractivity contribution in [3.63, 3.8) is 0 Å². The summed E-state index contributed by atoms with van der Waals surface area (Å²) in [7, 11) is 0. The van der Waals surface area contributed by atoms with Crippen molar-refractivity contribution >= 4 is 11.4 Å². The summed E-state index contributed by atoms with van der Waals surface area (Å²) in [5.74, 6) is 1.21. The third kappa shape index (κ3) is 3.11. The molecule has 7 heteroatoms. The Morgan fingerprint density at radius 3 is 2.50 bits per heavy atom. The molecule has 0 aromatic heterocycles. The SMILES string of the molecule is CC(C)C(N)CNc1cc2c(cc1[N+](=O)[O-])OCCO2. The number of hydrogen-bond donors (Lipinski definition) is 2. The lowest BCUT2D eigenvalue weighted by Gasteiger charge is -2.21. The molecule has 3 N–H and O–H groups in total. The Labute approximate surface area is 117 Å². The molecule has 0 saturated carbocycles. The zero-order valence-corrected chi connectivity index (χ0v) is 11.6. The topological polar surface area (TPSA) is 99.7 Å². The lowest BCUT2D eigenvalue weighted by Crippen LogP contribution is -2.34. The van der Waals surface area contributed by atoms with Gasteiger partial charge in [0.2, 0.25) is 0 Å². The quantitative estimate of drug-likeness (QED) is 0.630. The maximum absolute atomic E-state index is 11.1. The molecule has 0 spiro atoms. The van der Waals surface area contributed by atoms with E-state index in [0.29, 0.717) is 42.9 Å². The zero-order valence-electron chi connectivity index (χ0n) is 11.6. The van der Waals surface area contributed by atoms with Crippen molar-refractivity contribution in [2.45, 2.75) is 19.9 Å². The molecule has 1 aromatic rings. The number of fused-ring (bicyclic) bond motifs is 1. The molecule has 0 radical (unpaired) electrons. The lowest BCUT2D eigenvalue weighted by atomic mass is 10.1. The van der Waals surface area contributed by atoms with E-state index in [4.69, 9.17) is 15.2 Å². The molecule has 0 bridgehead atoms. The maximum Gasteiger partial charge on any atom is 0.296 e. The lowest BCUT2D eigenvalue weighted by molar-refractivity contribution is -0.384. The summed E-state index contributed by atoms with van der Waals surface area (Å²) in [4.78, 5) is 10.7. The smallest absolute Gasteiger partial charge is 0.296 e. The van der Waals surface area contributed by atoms with Crippen molar-refractivity contribution in [3.8, 4) is 11.5 Å². The highest BCUT2D eigenvalue weighted by atomic mass is 16.6. The predicted molar refractivity (Wildman–Crippen MR) is 75.4 cm³/mol. The van der Waals surface area contributed by atoms with Crippen LogP contribution in [0.25, 0.3) is 0 Å². The number of benzene rings is 1. The van der Waals surface area contributed by atoms with Crippen LogP contribution < -0.4 is 20.5 Å². The van der Waals surface area contributed by atoms with Crippen LogP contribution in [0.3, 0.4) is 0 Å². The second-order valence-electron chi connectivity index (χ2n) is 5.06. The Morgan fingerprint density at radius 1 is 1.35 bits per heavy atom. The van der Waals surface area contributed by atoms with E-state index >= 15 is 0 Å². The summed E-state index contributed by atoms with van der Waals surface area (Å²) < 4.78 is 10.8. The predicted octanol–water partition coefficient (Wildman–Crippen LogP) is 1.76. The van der Waals surface area contributed by atoms with Crippen LogP contribution in [-0.4, -0.2) is 30.7 Å². The molecule has 0 aliphatic carbocycles. The molecule has 0 saturated heterocycles. The van der Waals surface area contributed by atoms with E-state index in [9.17, 15) is 10.1 Å². The van der Waals surface area contributed by atoms with Crippen LogP contribution in [0, 0.1) is 16.0 Å². The van der Waals surface area contributed by atoms with Crippen LogP contribution in [0.4, 0.5) is 11.4 Å². The minimum Gasteiger partial charge on any atom is -0.486 e. The summed E-state index contributed by atoms with van der Waals surface area (Å²) >= 11 is 0. The molecular weight excluding hydrogens is 262 g/mol.